The molecule has 8 aromatic rings. The fraction of sp³-hybridized carbons (Fsp3) is 0. The van der Waals surface area contributed by atoms with Crippen molar-refractivity contribution in [3.63, 3.8) is 0 Å². The van der Waals surface area contributed by atoms with Crippen molar-refractivity contribution in [1.82, 2.24) is 9.13 Å². The van der Waals surface area contributed by atoms with Crippen LogP contribution < -0.4 is 0 Å². The Labute approximate surface area is 285 Å². The highest BCUT2D eigenvalue weighted by molar-refractivity contribution is 6.12. The Bertz CT molecular complexity index is 2920. The van der Waals surface area contributed by atoms with E-state index >= 15 is 0 Å². The Balaban J connectivity index is 1.59. The average Bonchev–Trinajstić information content (AvgIpc) is 3.67. The summed E-state index contributed by atoms with van der Waals surface area (Å²) >= 11 is 0. The first-order chi connectivity index (χ1) is 24.5. The van der Waals surface area contributed by atoms with Crippen LogP contribution in [0.4, 0.5) is 0 Å². The largest absolute Gasteiger partial charge is 0.307 e. The van der Waals surface area contributed by atoms with Gasteiger partial charge >= 0.3 is 0 Å². The molecule has 0 bridgehead atoms. The number of hydrogen-bond donors (Lipinski definition) is 0. The number of nitriles is 6. The summed E-state index contributed by atoms with van der Waals surface area (Å²) in [6, 6.07) is 46.0. The summed E-state index contributed by atoms with van der Waals surface area (Å²) in [5.41, 5.74) is 8.39. The van der Waals surface area contributed by atoms with Crippen LogP contribution in [0.2, 0.25) is 0 Å². The van der Waals surface area contributed by atoms with E-state index in [-0.39, 0.29) is 0 Å². The lowest BCUT2D eigenvalue weighted by Gasteiger charge is -2.19. The molecule has 0 aliphatic heterocycles. The maximum Gasteiger partial charge on any atom is 0.0998 e. The van der Waals surface area contributed by atoms with E-state index < -0.39 is 0 Å². The van der Waals surface area contributed by atoms with Gasteiger partial charge in [0.1, 0.15) is 0 Å². The van der Waals surface area contributed by atoms with Gasteiger partial charge in [0.25, 0.3) is 0 Å². The topological polar surface area (TPSA) is 153 Å². The molecule has 0 saturated heterocycles. The maximum atomic E-state index is 10.6. The number of nitrogens with zero attached hydrogens (tertiary/aromatic N) is 8. The number of benzene rings is 6. The van der Waals surface area contributed by atoms with Gasteiger partial charge in [-0.05, 0) is 103 Å². The van der Waals surface area contributed by atoms with Gasteiger partial charge in [-0.25, -0.2) is 0 Å². The molecule has 8 heteroatoms. The van der Waals surface area contributed by atoms with Crippen LogP contribution >= 0.6 is 0 Å². The Morgan fingerprint density at radius 3 is 1.12 bits per heavy atom. The van der Waals surface area contributed by atoms with Crippen LogP contribution in [0.1, 0.15) is 33.4 Å². The van der Waals surface area contributed by atoms with Gasteiger partial charge in [-0.2, -0.15) is 31.6 Å². The van der Waals surface area contributed by atoms with Crippen LogP contribution in [0.25, 0.3) is 66.1 Å². The Hall–Kier alpha value is -8.14. The van der Waals surface area contributed by atoms with Gasteiger partial charge in [-0.15, -0.1) is 0 Å². The molecule has 0 unspecified atom stereocenters. The summed E-state index contributed by atoms with van der Waals surface area (Å²) in [5, 5.41) is 62.5. The molecule has 0 N–H and O–H groups in total. The molecule has 0 atom stereocenters. The molecule has 226 valence electrons. The molecule has 0 amide bonds. The molecule has 8 rings (SSSR count). The smallest absolute Gasteiger partial charge is 0.0998 e. The Kier molecular flexibility index (Phi) is 6.60. The third-order valence-electron chi connectivity index (χ3n) is 9.07. The molecule has 8 nitrogen and oxygen atoms in total. The minimum Gasteiger partial charge on any atom is -0.307 e. The van der Waals surface area contributed by atoms with E-state index in [0.717, 1.165) is 43.6 Å². The Morgan fingerprint density at radius 2 is 0.740 bits per heavy atom. The number of rotatable bonds is 3. The van der Waals surface area contributed by atoms with Crippen LogP contribution in [-0.2, 0) is 0 Å². The quantitative estimate of drug-likeness (QED) is 0.189. The van der Waals surface area contributed by atoms with Gasteiger partial charge in [-0.3, -0.25) is 0 Å². The second kappa shape index (κ2) is 11.3. The zero-order chi connectivity index (χ0) is 34.5. The lowest BCUT2D eigenvalue weighted by Crippen LogP contribution is -2.05. The summed E-state index contributed by atoms with van der Waals surface area (Å²) in [5.74, 6) is 0. The van der Waals surface area contributed by atoms with E-state index in [0.29, 0.717) is 55.9 Å². The number of aromatic nitrogens is 2. The monoisotopic (exact) mass is 634 g/mol. The van der Waals surface area contributed by atoms with Gasteiger partial charge in [0.15, 0.2) is 0 Å². The standard InChI is InChI=1S/C42H18N8/c43-19-25-2-1-3-30(12-25)32-18-42(50-39-10-6-28(22-46)15-35(39)36-16-29(23-47)7-11-40(36)50)41(17-31(32)24-48)49-37-8-4-26(20-44)13-33(37)34-14-27(21-45)5-9-38(34)49/h1-18H. The predicted molar refractivity (Wildman–Crippen MR) is 189 cm³/mol. The van der Waals surface area contributed by atoms with Crippen molar-refractivity contribution in [3.8, 4) is 58.9 Å². The maximum absolute atomic E-state index is 10.6. The second-order valence-electron chi connectivity index (χ2n) is 11.7. The first-order valence-electron chi connectivity index (χ1n) is 15.4. The second-order valence-corrected chi connectivity index (χ2v) is 11.7. The predicted octanol–water partition coefficient (Wildman–Crippen LogP) is 8.78. The van der Waals surface area contributed by atoms with E-state index in [4.69, 9.17) is 0 Å². The normalized spacial score (nSPS) is 10.7. The third kappa shape index (κ3) is 4.33. The molecule has 0 saturated carbocycles. The van der Waals surface area contributed by atoms with Crippen LogP contribution in [-0.4, -0.2) is 9.13 Å². The van der Waals surface area contributed by atoms with Crippen LogP contribution in [0.3, 0.4) is 0 Å². The average molecular weight is 635 g/mol. The zero-order valence-corrected chi connectivity index (χ0v) is 26.0. The van der Waals surface area contributed by atoms with Crippen molar-refractivity contribution in [2.45, 2.75) is 0 Å². The van der Waals surface area contributed by atoms with Gasteiger partial charge in [0, 0.05) is 27.1 Å². The van der Waals surface area contributed by atoms with Crippen molar-refractivity contribution >= 4 is 43.6 Å². The van der Waals surface area contributed by atoms with E-state index in [1.807, 2.05) is 59.2 Å². The van der Waals surface area contributed by atoms with Crippen molar-refractivity contribution in [1.29, 1.82) is 31.6 Å². The minimum absolute atomic E-state index is 0.371. The van der Waals surface area contributed by atoms with E-state index in [1.165, 1.54) is 0 Å². The van der Waals surface area contributed by atoms with Gasteiger partial charge < -0.3 is 9.13 Å². The molecular formula is C42H18N8. The van der Waals surface area contributed by atoms with Crippen molar-refractivity contribution < 1.29 is 0 Å². The first kappa shape index (κ1) is 29.3. The van der Waals surface area contributed by atoms with Gasteiger partial charge in [-0.1, -0.05) is 12.1 Å². The van der Waals surface area contributed by atoms with Crippen LogP contribution in [0.15, 0.2) is 109 Å². The minimum atomic E-state index is 0.371. The lowest BCUT2D eigenvalue weighted by molar-refractivity contribution is 1.09. The molecule has 0 fully saturated rings. The molecule has 0 aliphatic rings. The van der Waals surface area contributed by atoms with Crippen LogP contribution in [0.5, 0.6) is 0 Å². The molecule has 2 heterocycles. The van der Waals surface area contributed by atoms with Gasteiger partial charge in [0.2, 0.25) is 0 Å². The fourth-order valence-electron chi connectivity index (χ4n) is 6.87. The van der Waals surface area contributed by atoms with Gasteiger partial charge in [0.05, 0.1) is 103 Å². The first-order valence-corrected chi connectivity index (χ1v) is 15.4. The third-order valence-corrected chi connectivity index (χ3v) is 9.07. The summed E-state index contributed by atoms with van der Waals surface area (Å²) < 4.78 is 4.09. The highest BCUT2D eigenvalue weighted by atomic mass is 15.1. The molecule has 50 heavy (non-hydrogen) atoms. The molecular weight excluding hydrogens is 617 g/mol. The van der Waals surface area contributed by atoms with E-state index in [1.54, 1.807) is 54.6 Å². The van der Waals surface area contributed by atoms with Crippen molar-refractivity contribution in [2.24, 2.45) is 0 Å². The highest BCUT2D eigenvalue weighted by Gasteiger charge is 2.23. The highest BCUT2D eigenvalue weighted by Crippen LogP contribution is 2.41. The lowest BCUT2D eigenvalue weighted by atomic mass is 9.97. The molecule has 0 aliphatic carbocycles. The summed E-state index contributed by atoms with van der Waals surface area (Å²) in [6.07, 6.45) is 0. The van der Waals surface area contributed by atoms with E-state index in [9.17, 15) is 31.6 Å². The summed E-state index contributed by atoms with van der Waals surface area (Å²) in [6.45, 7) is 0. The molecule has 2 aromatic heterocycles. The van der Waals surface area contributed by atoms with Crippen molar-refractivity contribution in [2.75, 3.05) is 0 Å². The number of fused-ring (bicyclic) bond motifs is 6. The summed E-state index contributed by atoms with van der Waals surface area (Å²) in [7, 11) is 0. The summed E-state index contributed by atoms with van der Waals surface area (Å²) in [4.78, 5) is 0. The van der Waals surface area contributed by atoms with Crippen molar-refractivity contribution in [3.05, 3.63) is 143 Å². The molecule has 6 aromatic carbocycles. The zero-order valence-electron chi connectivity index (χ0n) is 26.0. The molecule has 0 radical (unpaired) electrons. The van der Waals surface area contributed by atoms with E-state index in [2.05, 4.69) is 41.0 Å². The number of hydrogen-bond acceptors (Lipinski definition) is 6. The SMILES string of the molecule is N#Cc1cccc(-c2cc(-n3c4ccc(C#N)cc4c4cc(C#N)ccc43)c(-n3c4ccc(C#N)cc4c4cc(C#N)ccc43)cc2C#N)c1. The fourth-order valence-corrected chi connectivity index (χ4v) is 6.87. The molecule has 0 spiro atoms. The Morgan fingerprint density at radius 1 is 0.360 bits per heavy atom. The van der Waals surface area contributed by atoms with Crippen LogP contribution in [0, 0.1) is 68.0 Å².